The molecule has 1 amide bonds. The van der Waals surface area contributed by atoms with Crippen LogP contribution < -0.4 is 10.1 Å². The molecule has 7 heteroatoms. The van der Waals surface area contributed by atoms with Gasteiger partial charge in [0.25, 0.3) is 0 Å². The van der Waals surface area contributed by atoms with Gasteiger partial charge in [-0.1, -0.05) is 41.6 Å². The van der Waals surface area contributed by atoms with Gasteiger partial charge in [0.1, 0.15) is 16.6 Å². The molecule has 2 aromatic carbocycles. The first-order valence-electron chi connectivity index (χ1n) is 9.80. The van der Waals surface area contributed by atoms with Crippen molar-refractivity contribution in [2.24, 2.45) is 0 Å². The number of aromatic nitrogens is 2. The molecule has 2 N–H and O–H groups in total. The maximum absolute atomic E-state index is 12.2. The molecule has 0 fully saturated rings. The Morgan fingerprint density at radius 3 is 2.43 bits per heavy atom. The minimum Gasteiger partial charge on any atom is -0.497 e. The molecule has 0 saturated carbocycles. The summed E-state index contributed by atoms with van der Waals surface area (Å²) in [6.07, 6.45) is 0.797. The van der Waals surface area contributed by atoms with Crippen LogP contribution in [0.1, 0.15) is 12.0 Å². The van der Waals surface area contributed by atoms with E-state index in [9.17, 15) is 4.79 Å². The second kappa shape index (κ2) is 10.8. The molecule has 3 rings (SSSR count). The van der Waals surface area contributed by atoms with Crippen LogP contribution in [0.15, 0.2) is 53.6 Å². The maximum Gasteiger partial charge on any atom is 0.230 e. The molecule has 1 heterocycles. The molecular weight excluding hydrogens is 398 g/mol. The third-order valence-electron chi connectivity index (χ3n) is 4.56. The van der Waals surface area contributed by atoms with Gasteiger partial charge in [0.2, 0.25) is 5.91 Å². The Morgan fingerprint density at radius 1 is 1.07 bits per heavy atom. The van der Waals surface area contributed by atoms with Crippen molar-refractivity contribution in [2.45, 2.75) is 18.4 Å². The number of hydrogen-bond donors (Lipinski definition) is 2. The van der Waals surface area contributed by atoms with Crippen LogP contribution >= 0.6 is 11.8 Å². The number of benzene rings is 2. The normalized spacial score (nSPS) is 10.8. The molecule has 1 aromatic heterocycles. The van der Waals surface area contributed by atoms with Crippen LogP contribution in [0.4, 0.5) is 0 Å². The lowest BCUT2D eigenvalue weighted by Gasteiger charge is -2.05. The van der Waals surface area contributed by atoms with Gasteiger partial charge in [-0.2, -0.15) is 0 Å². The van der Waals surface area contributed by atoms with E-state index in [0.717, 1.165) is 39.8 Å². The lowest BCUT2D eigenvalue weighted by atomic mass is 10.1. The van der Waals surface area contributed by atoms with Crippen LogP contribution in [-0.4, -0.2) is 49.0 Å². The van der Waals surface area contributed by atoms with E-state index >= 15 is 0 Å². The topological polar surface area (TPSA) is 76.2 Å². The highest BCUT2D eigenvalue weighted by Gasteiger charge is 2.15. The molecular formula is C23H27N3O3S. The lowest BCUT2D eigenvalue weighted by molar-refractivity contribution is -0.118. The van der Waals surface area contributed by atoms with E-state index in [1.807, 2.05) is 24.3 Å². The Balaban J connectivity index is 1.79. The van der Waals surface area contributed by atoms with E-state index < -0.39 is 0 Å². The molecule has 6 nitrogen and oxygen atoms in total. The Bertz CT molecular complexity index is 953. The fourth-order valence-electron chi connectivity index (χ4n) is 2.89. The van der Waals surface area contributed by atoms with Crippen LogP contribution in [0, 0.1) is 6.92 Å². The molecule has 0 aliphatic carbocycles. The van der Waals surface area contributed by atoms with Crippen molar-refractivity contribution in [3.8, 4) is 28.4 Å². The Labute approximate surface area is 181 Å². The molecule has 158 valence electrons. The number of methoxy groups -OCH3 is 2. The SMILES string of the molecule is COCCCNC(=O)CSc1nc(-c2ccc(OC)cc2)[nH]c1-c1ccc(C)cc1. The largest absolute Gasteiger partial charge is 0.497 e. The number of rotatable bonds is 10. The molecule has 0 unspecified atom stereocenters. The summed E-state index contributed by atoms with van der Waals surface area (Å²) < 4.78 is 10.2. The number of aryl methyl sites for hydroxylation is 1. The monoisotopic (exact) mass is 425 g/mol. The summed E-state index contributed by atoms with van der Waals surface area (Å²) in [5.41, 5.74) is 4.10. The number of thioether (sulfide) groups is 1. The highest BCUT2D eigenvalue weighted by Crippen LogP contribution is 2.33. The van der Waals surface area contributed by atoms with E-state index in [4.69, 9.17) is 14.5 Å². The molecule has 0 aliphatic heterocycles. The quantitative estimate of drug-likeness (QED) is 0.374. The first-order chi connectivity index (χ1) is 14.6. The van der Waals surface area contributed by atoms with Gasteiger partial charge in [0, 0.05) is 31.4 Å². The first-order valence-corrected chi connectivity index (χ1v) is 10.8. The van der Waals surface area contributed by atoms with Gasteiger partial charge in [0.15, 0.2) is 0 Å². The maximum atomic E-state index is 12.2. The number of imidazole rings is 1. The average Bonchev–Trinajstić information content (AvgIpc) is 3.20. The minimum absolute atomic E-state index is 0.0139. The molecule has 0 radical (unpaired) electrons. The number of ether oxygens (including phenoxy) is 2. The van der Waals surface area contributed by atoms with Crippen LogP contribution in [0.2, 0.25) is 0 Å². The van der Waals surface area contributed by atoms with E-state index in [1.54, 1.807) is 14.2 Å². The lowest BCUT2D eigenvalue weighted by Crippen LogP contribution is -2.26. The van der Waals surface area contributed by atoms with Gasteiger partial charge in [-0.3, -0.25) is 4.79 Å². The summed E-state index contributed by atoms with van der Waals surface area (Å²) in [5, 5.41) is 3.72. The van der Waals surface area contributed by atoms with E-state index in [2.05, 4.69) is 41.5 Å². The smallest absolute Gasteiger partial charge is 0.230 e. The molecule has 3 aromatic rings. The molecule has 0 aliphatic rings. The number of aromatic amines is 1. The summed E-state index contributed by atoms with van der Waals surface area (Å²) in [5.74, 6) is 1.85. The van der Waals surface area contributed by atoms with Gasteiger partial charge < -0.3 is 19.8 Å². The Morgan fingerprint density at radius 2 is 1.77 bits per heavy atom. The standard InChI is InChI=1S/C23H27N3O3S/c1-16-5-7-17(8-6-16)21-23(30-15-20(27)24-13-4-14-28-2)26-22(25-21)18-9-11-19(29-3)12-10-18/h5-12H,4,13-15H2,1-3H3,(H,24,27)(H,25,26). The number of nitrogens with one attached hydrogen (secondary N) is 2. The summed E-state index contributed by atoms with van der Waals surface area (Å²) in [4.78, 5) is 20.4. The van der Waals surface area contributed by atoms with Crippen molar-refractivity contribution in [1.29, 1.82) is 0 Å². The zero-order valence-electron chi connectivity index (χ0n) is 17.5. The number of carbonyl (C=O) groups excluding carboxylic acids is 1. The Hall–Kier alpha value is -2.77. The number of hydrogen-bond acceptors (Lipinski definition) is 5. The number of nitrogens with zero attached hydrogens (tertiary/aromatic N) is 1. The summed E-state index contributed by atoms with van der Waals surface area (Å²) in [6.45, 7) is 3.30. The Kier molecular flexibility index (Phi) is 7.93. The third-order valence-corrected chi connectivity index (χ3v) is 5.54. The van der Waals surface area contributed by atoms with Gasteiger partial charge in [-0.15, -0.1) is 0 Å². The zero-order valence-corrected chi connectivity index (χ0v) is 18.3. The summed E-state index contributed by atoms with van der Waals surface area (Å²) in [6, 6.07) is 16.0. The van der Waals surface area contributed by atoms with Gasteiger partial charge in [-0.05, 0) is 37.6 Å². The molecule has 0 bridgehead atoms. The molecule has 0 spiro atoms. The van der Waals surface area contributed by atoms with Crippen LogP contribution in [0.25, 0.3) is 22.6 Å². The van der Waals surface area contributed by atoms with Crippen molar-refractivity contribution in [3.05, 3.63) is 54.1 Å². The van der Waals surface area contributed by atoms with E-state index in [1.165, 1.54) is 17.3 Å². The number of amides is 1. The zero-order chi connectivity index (χ0) is 21.3. The van der Waals surface area contributed by atoms with Gasteiger partial charge in [-0.25, -0.2) is 4.98 Å². The average molecular weight is 426 g/mol. The molecule has 0 saturated heterocycles. The summed E-state index contributed by atoms with van der Waals surface area (Å²) >= 11 is 1.43. The van der Waals surface area contributed by atoms with Crippen molar-refractivity contribution >= 4 is 17.7 Å². The fourth-order valence-corrected chi connectivity index (χ4v) is 3.73. The predicted octanol–water partition coefficient (Wildman–Crippen LogP) is 4.31. The van der Waals surface area contributed by atoms with Crippen LogP contribution in [0.3, 0.4) is 0 Å². The van der Waals surface area contributed by atoms with E-state index in [0.29, 0.717) is 18.9 Å². The fraction of sp³-hybridized carbons (Fsp3) is 0.304. The van der Waals surface area contributed by atoms with Crippen molar-refractivity contribution < 1.29 is 14.3 Å². The summed E-state index contributed by atoms with van der Waals surface area (Å²) in [7, 11) is 3.30. The van der Waals surface area contributed by atoms with Gasteiger partial charge >= 0.3 is 0 Å². The first kappa shape index (κ1) is 21.9. The van der Waals surface area contributed by atoms with Crippen LogP contribution in [-0.2, 0) is 9.53 Å². The number of H-pyrrole nitrogens is 1. The highest BCUT2D eigenvalue weighted by molar-refractivity contribution is 8.00. The minimum atomic E-state index is -0.0139. The highest BCUT2D eigenvalue weighted by atomic mass is 32.2. The van der Waals surface area contributed by atoms with Crippen molar-refractivity contribution in [2.75, 3.05) is 33.1 Å². The second-order valence-corrected chi connectivity index (χ2v) is 7.81. The molecule has 30 heavy (non-hydrogen) atoms. The predicted molar refractivity (Wildman–Crippen MR) is 121 cm³/mol. The van der Waals surface area contributed by atoms with Crippen molar-refractivity contribution in [3.63, 3.8) is 0 Å². The van der Waals surface area contributed by atoms with E-state index in [-0.39, 0.29) is 5.91 Å². The van der Waals surface area contributed by atoms with Crippen molar-refractivity contribution in [1.82, 2.24) is 15.3 Å². The van der Waals surface area contributed by atoms with Crippen LogP contribution in [0.5, 0.6) is 5.75 Å². The third kappa shape index (κ3) is 5.87. The number of carbonyl (C=O) groups is 1. The van der Waals surface area contributed by atoms with Gasteiger partial charge in [0.05, 0.1) is 18.6 Å². The molecule has 0 atom stereocenters. The second-order valence-electron chi connectivity index (χ2n) is 6.85.